The maximum atomic E-state index is 13.2. The third-order valence-corrected chi connectivity index (χ3v) is 6.92. The fourth-order valence-electron chi connectivity index (χ4n) is 4.02. The van der Waals surface area contributed by atoms with Crippen molar-refractivity contribution in [2.45, 2.75) is 31.5 Å². The molecule has 1 aromatic heterocycles. The average molecular weight is 476 g/mol. The molecule has 1 aliphatic carbocycles. The second-order valence-electron chi connectivity index (χ2n) is 8.60. The normalized spacial score (nSPS) is 19.5. The minimum Gasteiger partial charge on any atom is -0.438 e. The molecule has 1 saturated carbocycles. The summed E-state index contributed by atoms with van der Waals surface area (Å²) in [6.45, 7) is 0.899. The number of thiophene rings is 1. The number of carbonyl (C=O) groups excluding carboxylic acids is 3. The van der Waals surface area contributed by atoms with Gasteiger partial charge in [0.1, 0.15) is 0 Å². The number of hydrogen-bond acceptors (Lipinski definition) is 5. The van der Waals surface area contributed by atoms with Crippen molar-refractivity contribution in [1.82, 2.24) is 10.2 Å². The quantitative estimate of drug-likeness (QED) is 0.499. The van der Waals surface area contributed by atoms with Crippen molar-refractivity contribution in [3.8, 4) is 0 Å². The number of ether oxygens (including phenoxy) is 1. The molecule has 2 unspecified atom stereocenters. The molecule has 174 valence electrons. The van der Waals surface area contributed by atoms with Crippen molar-refractivity contribution in [1.29, 1.82) is 0 Å². The van der Waals surface area contributed by atoms with E-state index in [-0.39, 0.29) is 18.4 Å². The summed E-state index contributed by atoms with van der Waals surface area (Å²) >= 11 is 1.37. The maximum absolute atomic E-state index is 13.2. The lowest BCUT2D eigenvalue weighted by atomic mass is 10.00. The van der Waals surface area contributed by atoms with Crippen LogP contribution in [0.4, 0.5) is 10.5 Å². The molecule has 2 fully saturated rings. The Balaban J connectivity index is 1.35. The average Bonchev–Trinajstić information content (AvgIpc) is 3.40. The van der Waals surface area contributed by atoms with E-state index < -0.39 is 18.2 Å². The predicted octanol–water partition coefficient (Wildman–Crippen LogP) is 4.59. The number of carbonyl (C=O) groups is 3. The van der Waals surface area contributed by atoms with Gasteiger partial charge in [-0.25, -0.2) is 4.79 Å². The zero-order valence-electron chi connectivity index (χ0n) is 18.5. The van der Waals surface area contributed by atoms with Crippen LogP contribution >= 0.6 is 11.3 Å². The molecule has 1 saturated heterocycles. The SMILES string of the molecule is O=C(Nc1ccc(C2OC(=O)N(Cc3ccccc3)C2C(=O)NCC2CC2)cc1)c1cccs1. The van der Waals surface area contributed by atoms with Crippen LogP contribution in [0.1, 0.15) is 39.7 Å². The van der Waals surface area contributed by atoms with Gasteiger partial charge < -0.3 is 15.4 Å². The summed E-state index contributed by atoms with van der Waals surface area (Å²) in [5.41, 5.74) is 2.25. The van der Waals surface area contributed by atoms with Crippen molar-refractivity contribution in [3.05, 3.63) is 88.1 Å². The van der Waals surface area contributed by atoms with Crippen LogP contribution in [-0.2, 0) is 16.1 Å². The van der Waals surface area contributed by atoms with Crippen molar-refractivity contribution in [3.63, 3.8) is 0 Å². The number of hydrogen-bond donors (Lipinski definition) is 2. The van der Waals surface area contributed by atoms with Gasteiger partial charge in [-0.15, -0.1) is 11.3 Å². The topological polar surface area (TPSA) is 87.7 Å². The van der Waals surface area contributed by atoms with Gasteiger partial charge in [-0.2, -0.15) is 0 Å². The van der Waals surface area contributed by atoms with E-state index in [0.29, 0.717) is 28.6 Å². The predicted molar refractivity (Wildman–Crippen MR) is 129 cm³/mol. The minimum atomic E-state index is -0.780. The molecule has 5 rings (SSSR count). The Hall–Kier alpha value is -3.65. The summed E-state index contributed by atoms with van der Waals surface area (Å²) in [7, 11) is 0. The highest BCUT2D eigenvalue weighted by molar-refractivity contribution is 7.12. The largest absolute Gasteiger partial charge is 0.438 e. The highest BCUT2D eigenvalue weighted by atomic mass is 32.1. The fraction of sp³-hybridized carbons (Fsp3) is 0.269. The van der Waals surface area contributed by atoms with Gasteiger partial charge in [-0.1, -0.05) is 48.5 Å². The summed E-state index contributed by atoms with van der Waals surface area (Å²) in [6, 6.07) is 19.5. The number of nitrogens with zero attached hydrogens (tertiary/aromatic N) is 1. The van der Waals surface area contributed by atoms with Crippen LogP contribution in [0.15, 0.2) is 72.1 Å². The van der Waals surface area contributed by atoms with Crippen LogP contribution < -0.4 is 10.6 Å². The maximum Gasteiger partial charge on any atom is 0.411 e. The Morgan fingerprint density at radius 3 is 2.44 bits per heavy atom. The van der Waals surface area contributed by atoms with Crippen molar-refractivity contribution >= 4 is 34.9 Å². The Morgan fingerprint density at radius 1 is 1.00 bits per heavy atom. The van der Waals surface area contributed by atoms with Gasteiger partial charge in [0.15, 0.2) is 12.1 Å². The highest BCUT2D eigenvalue weighted by Crippen LogP contribution is 2.35. The summed E-state index contributed by atoms with van der Waals surface area (Å²) in [4.78, 5) is 40.5. The molecule has 3 aromatic rings. The zero-order valence-corrected chi connectivity index (χ0v) is 19.3. The molecule has 2 N–H and O–H groups in total. The Kier molecular flexibility index (Phi) is 6.31. The minimum absolute atomic E-state index is 0.179. The van der Waals surface area contributed by atoms with Crippen molar-refractivity contribution < 1.29 is 19.1 Å². The first kappa shape index (κ1) is 22.2. The molecule has 0 radical (unpaired) electrons. The summed E-state index contributed by atoms with van der Waals surface area (Å²) in [5.74, 6) is 0.129. The Labute approximate surface area is 201 Å². The number of nitrogens with one attached hydrogen (secondary N) is 2. The third kappa shape index (κ3) is 4.97. The molecule has 7 nitrogen and oxygen atoms in total. The monoisotopic (exact) mass is 475 g/mol. The number of rotatable bonds is 8. The van der Waals surface area contributed by atoms with E-state index >= 15 is 0 Å². The smallest absolute Gasteiger partial charge is 0.411 e. The van der Waals surface area contributed by atoms with Gasteiger partial charge in [0.2, 0.25) is 5.91 Å². The third-order valence-electron chi connectivity index (χ3n) is 6.05. The van der Waals surface area contributed by atoms with E-state index in [9.17, 15) is 14.4 Å². The van der Waals surface area contributed by atoms with Gasteiger partial charge in [-0.3, -0.25) is 14.5 Å². The molecule has 2 atom stereocenters. The second-order valence-corrected chi connectivity index (χ2v) is 9.55. The zero-order chi connectivity index (χ0) is 23.5. The van der Waals surface area contributed by atoms with Crippen molar-refractivity contribution in [2.24, 2.45) is 5.92 Å². The van der Waals surface area contributed by atoms with Gasteiger partial charge in [0.05, 0.1) is 11.4 Å². The van der Waals surface area contributed by atoms with Crippen LogP contribution in [0.25, 0.3) is 0 Å². The van der Waals surface area contributed by atoms with Gasteiger partial charge >= 0.3 is 6.09 Å². The lowest BCUT2D eigenvalue weighted by Gasteiger charge is -2.24. The summed E-state index contributed by atoms with van der Waals surface area (Å²) in [6.07, 6.45) is 0.986. The molecule has 0 spiro atoms. The summed E-state index contributed by atoms with van der Waals surface area (Å²) in [5, 5.41) is 7.72. The van der Waals surface area contributed by atoms with E-state index in [4.69, 9.17) is 4.74 Å². The number of amides is 3. The number of benzene rings is 2. The van der Waals surface area contributed by atoms with E-state index in [1.807, 2.05) is 41.8 Å². The summed E-state index contributed by atoms with van der Waals surface area (Å²) < 4.78 is 5.71. The van der Waals surface area contributed by atoms with Crippen LogP contribution in [0, 0.1) is 5.92 Å². The van der Waals surface area contributed by atoms with E-state index in [2.05, 4.69) is 10.6 Å². The molecular weight excluding hydrogens is 450 g/mol. The molecule has 8 heteroatoms. The van der Waals surface area contributed by atoms with Crippen LogP contribution in [-0.4, -0.2) is 35.4 Å². The van der Waals surface area contributed by atoms with Crippen LogP contribution in [0.3, 0.4) is 0 Å². The standard InChI is InChI=1S/C26H25N3O4S/c30-24(21-7-4-14-34-21)28-20-12-10-19(11-13-20)23-22(25(31)27-15-17-8-9-17)29(26(32)33-23)16-18-5-2-1-3-6-18/h1-7,10-14,17,22-23H,8-9,15-16H2,(H,27,31)(H,28,30). The Bertz CT molecular complexity index is 1160. The van der Waals surface area contributed by atoms with E-state index in [1.54, 1.807) is 30.3 Å². The Morgan fingerprint density at radius 2 is 1.76 bits per heavy atom. The number of anilines is 1. The molecule has 2 aromatic carbocycles. The fourth-order valence-corrected chi connectivity index (χ4v) is 4.64. The molecule has 34 heavy (non-hydrogen) atoms. The van der Waals surface area contributed by atoms with Gasteiger partial charge in [0.25, 0.3) is 5.91 Å². The van der Waals surface area contributed by atoms with E-state index in [1.165, 1.54) is 16.2 Å². The molecule has 2 heterocycles. The second kappa shape index (κ2) is 9.69. The molecular formula is C26H25N3O4S. The first-order chi connectivity index (χ1) is 16.6. The lowest BCUT2D eigenvalue weighted by molar-refractivity contribution is -0.126. The van der Waals surface area contributed by atoms with Crippen LogP contribution in [0.5, 0.6) is 0 Å². The molecule has 3 amide bonds. The van der Waals surface area contributed by atoms with Crippen molar-refractivity contribution in [2.75, 3.05) is 11.9 Å². The molecule has 1 aliphatic heterocycles. The van der Waals surface area contributed by atoms with E-state index in [0.717, 1.165) is 18.4 Å². The lowest BCUT2D eigenvalue weighted by Crippen LogP contribution is -2.46. The van der Waals surface area contributed by atoms with Gasteiger partial charge in [-0.05, 0) is 53.5 Å². The van der Waals surface area contributed by atoms with Crippen LogP contribution in [0.2, 0.25) is 0 Å². The first-order valence-corrected chi connectivity index (χ1v) is 12.2. The first-order valence-electron chi connectivity index (χ1n) is 11.3. The highest BCUT2D eigenvalue weighted by Gasteiger charge is 2.47. The number of cyclic esters (lactones) is 1. The molecule has 2 aliphatic rings. The molecule has 0 bridgehead atoms. The van der Waals surface area contributed by atoms with Gasteiger partial charge in [0, 0.05) is 12.2 Å².